The van der Waals surface area contributed by atoms with Crippen molar-refractivity contribution in [3.63, 3.8) is 0 Å². The van der Waals surface area contributed by atoms with Crippen molar-refractivity contribution >= 4 is 23.8 Å². The van der Waals surface area contributed by atoms with Crippen LogP contribution in [0.25, 0.3) is 0 Å². The first-order chi connectivity index (χ1) is 14.9. The third kappa shape index (κ3) is 9.44. The Labute approximate surface area is 180 Å². The number of benzene rings is 2. The molecule has 5 N–H and O–H groups in total. The predicted molar refractivity (Wildman–Crippen MR) is 114 cm³/mol. The second-order valence-corrected chi connectivity index (χ2v) is 6.71. The van der Waals surface area contributed by atoms with Gasteiger partial charge in [-0.1, -0.05) is 42.5 Å². The molecule has 9 nitrogen and oxygen atoms in total. The molecule has 164 valence electrons. The van der Waals surface area contributed by atoms with Crippen LogP contribution in [0.1, 0.15) is 34.3 Å². The first-order valence-corrected chi connectivity index (χ1v) is 9.80. The normalized spacial score (nSPS) is 10.1. The molecule has 2 aromatic carbocycles. The highest BCUT2D eigenvalue weighted by Crippen LogP contribution is 2.05. The first kappa shape index (κ1) is 23.4. The van der Waals surface area contributed by atoms with Gasteiger partial charge in [0.05, 0.1) is 6.54 Å². The Morgan fingerprint density at radius 1 is 0.839 bits per heavy atom. The summed E-state index contributed by atoms with van der Waals surface area (Å²) in [5, 5.41) is 7.78. The lowest BCUT2D eigenvalue weighted by Gasteiger charge is -2.08. The van der Waals surface area contributed by atoms with E-state index in [1.54, 1.807) is 24.3 Å². The van der Waals surface area contributed by atoms with Crippen molar-refractivity contribution in [3.05, 3.63) is 71.3 Å². The van der Waals surface area contributed by atoms with E-state index in [9.17, 15) is 19.2 Å². The molecule has 0 spiro atoms. The third-order valence-corrected chi connectivity index (χ3v) is 4.19. The number of carbonyl (C=O) groups is 4. The number of ether oxygens (including phenoxy) is 1. The monoisotopic (exact) mass is 426 g/mol. The number of nitrogens with two attached hydrogens (primary N) is 1. The summed E-state index contributed by atoms with van der Waals surface area (Å²) in [6.45, 7) is 0.611. The molecule has 0 bridgehead atoms. The fourth-order valence-corrected chi connectivity index (χ4v) is 2.55. The number of primary amides is 1. The van der Waals surface area contributed by atoms with Gasteiger partial charge in [-0.25, -0.2) is 4.79 Å². The molecule has 2 aromatic rings. The highest BCUT2D eigenvalue weighted by Gasteiger charge is 2.07. The zero-order valence-electron chi connectivity index (χ0n) is 17.1. The molecular formula is C22H26N4O5. The highest BCUT2D eigenvalue weighted by molar-refractivity contribution is 5.96. The van der Waals surface area contributed by atoms with E-state index >= 15 is 0 Å². The summed E-state index contributed by atoms with van der Waals surface area (Å²) >= 11 is 0. The Hall–Kier alpha value is -3.88. The van der Waals surface area contributed by atoms with Gasteiger partial charge in [-0.15, -0.1) is 0 Å². The lowest BCUT2D eigenvalue weighted by Crippen LogP contribution is -2.33. The lowest BCUT2D eigenvalue weighted by atomic mass is 10.1. The van der Waals surface area contributed by atoms with Crippen LogP contribution in [0.15, 0.2) is 54.6 Å². The SMILES string of the molecule is NC(=O)CNC(=O)c1ccc(CNC(=O)CCCNC(=O)OCc2ccccc2)cc1. The van der Waals surface area contributed by atoms with Crippen LogP contribution in [0.5, 0.6) is 0 Å². The van der Waals surface area contributed by atoms with Crippen LogP contribution in [0.2, 0.25) is 0 Å². The maximum absolute atomic E-state index is 11.9. The highest BCUT2D eigenvalue weighted by atomic mass is 16.5. The van der Waals surface area contributed by atoms with Gasteiger partial charge in [-0.3, -0.25) is 14.4 Å². The maximum atomic E-state index is 11.9. The number of nitrogens with one attached hydrogen (secondary N) is 3. The number of carbonyl (C=O) groups excluding carboxylic acids is 4. The number of hydrogen-bond donors (Lipinski definition) is 4. The molecular weight excluding hydrogens is 400 g/mol. The van der Waals surface area contributed by atoms with Gasteiger partial charge < -0.3 is 26.4 Å². The molecule has 9 heteroatoms. The van der Waals surface area contributed by atoms with Crippen LogP contribution in [-0.4, -0.2) is 36.9 Å². The molecule has 0 fully saturated rings. The molecule has 0 atom stereocenters. The van der Waals surface area contributed by atoms with E-state index in [1.165, 1.54) is 0 Å². The summed E-state index contributed by atoms with van der Waals surface area (Å²) in [6, 6.07) is 16.0. The molecule has 0 saturated heterocycles. The van der Waals surface area contributed by atoms with Crippen molar-refractivity contribution in [2.45, 2.75) is 26.0 Å². The summed E-state index contributed by atoms with van der Waals surface area (Å²) in [4.78, 5) is 46.1. The minimum absolute atomic E-state index is 0.150. The summed E-state index contributed by atoms with van der Waals surface area (Å²) in [7, 11) is 0. The molecule has 0 aliphatic carbocycles. The Morgan fingerprint density at radius 2 is 1.55 bits per heavy atom. The zero-order chi connectivity index (χ0) is 22.5. The van der Waals surface area contributed by atoms with Crippen LogP contribution in [0.3, 0.4) is 0 Å². The zero-order valence-corrected chi connectivity index (χ0v) is 17.1. The van der Waals surface area contributed by atoms with Gasteiger partial charge in [-0.2, -0.15) is 0 Å². The minimum Gasteiger partial charge on any atom is -0.445 e. The van der Waals surface area contributed by atoms with E-state index in [4.69, 9.17) is 10.5 Å². The van der Waals surface area contributed by atoms with Crippen molar-refractivity contribution < 1.29 is 23.9 Å². The van der Waals surface area contributed by atoms with Gasteiger partial charge in [0.15, 0.2) is 0 Å². The quantitative estimate of drug-likeness (QED) is 0.400. The van der Waals surface area contributed by atoms with Gasteiger partial charge in [-0.05, 0) is 29.7 Å². The predicted octanol–water partition coefficient (Wildman–Crippen LogP) is 1.22. The Bertz CT molecular complexity index is 885. The maximum Gasteiger partial charge on any atom is 0.407 e. The van der Waals surface area contributed by atoms with Gasteiger partial charge in [0, 0.05) is 25.1 Å². The summed E-state index contributed by atoms with van der Waals surface area (Å²) in [5.74, 6) is -1.17. The Kier molecular flexibility index (Phi) is 9.54. The summed E-state index contributed by atoms with van der Waals surface area (Å²) < 4.78 is 5.09. The Morgan fingerprint density at radius 3 is 2.23 bits per heavy atom. The topological polar surface area (TPSA) is 140 Å². The van der Waals surface area contributed by atoms with Gasteiger partial charge in [0.2, 0.25) is 11.8 Å². The number of rotatable bonds is 11. The second-order valence-electron chi connectivity index (χ2n) is 6.71. The lowest BCUT2D eigenvalue weighted by molar-refractivity contribution is -0.121. The molecule has 4 amide bonds. The van der Waals surface area contributed by atoms with Gasteiger partial charge in [0.25, 0.3) is 5.91 Å². The minimum atomic E-state index is -0.619. The van der Waals surface area contributed by atoms with E-state index in [0.717, 1.165) is 11.1 Å². The molecule has 0 heterocycles. The van der Waals surface area contributed by atoms with Crippen LogP contribution in [0.4, 0.5) is 4.79 Å². The van der Waals surface area contributed by atoms with Crippen molar-refractivity contribution in [1.29, 1.82) is 0 Å². The van der Waals surface area contributed by atoms with E-state index in [2.05, 4.69) is 16.0 Å². The first-order valence-electron chi connectivity index (χ1n) is 9.80. The number of hydrogen-bond acceptors (Lipinski definition) is 5. The summed E-state index contributed by atoms with van der Waals surface area (Å²) in [5.41, 5.74) is 7.10. The van der Waals surface area contributed by atoms with Crippen LogP contribution in [-0.2, 0) is 27.5 Å². The van der Waals surface area contributed by atoms with Crippen molar-refractivity contribution in [2.24, 2.45) is 5.73 Å². The molecule has 0 saturated carbocycles. The molecule has 0 aliphatic heterocycles. The van der Waals surface area contributed by atoms with Crippen molar-refractivity contribution in [1.82, 2.24) is 16.0 Å². The van der Waals surface area contributed by atoms with Crippen LogP contribution >= 0.6 is 0 Å². The van der Waals surface area contributed by atoms with Crippen molar-refractivity contribution in [3.8, 4) is 0 Å². The summed E-state index contributed by atoms with van der Waals surface area (Å²) in [6.07, 6.45) is 0.210. The fraction of sp³-hybridized carbons (Fsp3) is 0.273. The van der Waals surface area contributed by atoms with E-state index in [1.807, 2.05) is 30.3 Å². The molecule has 2 rings (SSSR count). The average molecular weight is 426 g/mol. The Balaban J connectivity index is 1.58. The average Bonchev–Trinajstić information content (AvgIpc) is 2.78. The molecule has 0 radical (unpaired) electrons. The molecule has 0 unspecified atom stereocenters. The molecule has 0 aliphatic rings. The second kappa shape index (κ2) is 12.6. The number of amides is 4. The molecule has 0 aromatic heterocycles. The standard InChI is InChI=1S/C22H26N4O5/c23-19(27)14-26-21(29)18-10-8-16(9-11-18)13-25-20(28)7-4-12-24-22(30)31-15-17-5-2-1-3-6-17/h1-3,5-6,8-11H,4,7,12-15H2,(H2,23,27)(H,24,30)(H,25,28)(H,26,29). The number of alkyl carbamates (subject to hydrolysis) is 1. The largest absolute Gasteiger partial charge is 0.445 e. The molecule has 31 heavy (non-hydrogen) atoms. The van der Waals surface area contributed by atoms with Gasteiger partial charge >= 0.3 is 6.09 Å². The van der Waals surface area contributed by atoms with Crippen LogP contribution < -0.4 is 21.7 Å². The smallest absolute Gasteiger partial charge is 0.407 e. The van der Waals surface area contributed by atoms with E-state index in [0.29, 0.717) is 25.1 Å². The third-order valence-electron chi connectivity index (χ3n) is 4.19. The van der Waals surface area contributed by atoms with Crippen LogP contribution in [0, 0.1) is 0 Å². The van der Waals surface area contributed by atoms with Gasteiger partial charge in [0.1, 0.15) is 6.61 Å². The van der Waals surface area contributed by atoms with E-state index in [-0.39, 0.29) is 25.5 Å². The fourth-order valence-electron chi connectivity index (χ4n) is 2.55. The van der Waals surface area contributed by atoms with Crippen molar-refractivity contribution in [2.75, 3.05) is 13.1 Å². The van der Waals surface area contributed by atoms with E-state index < -0.39 is 17.9 Å².